The Morgan fingerprint density at radius 2 is 1.80 bits per heavy atom. The van der Waals surface area contributed by atoms with E-state index in [0.29, 0.717) is 5.56 Å². The Morgan fingerprint density at radius 3 is 2.53 bits per heavy atom. The second-order valence-corrected chi connectivity index (χ2v) is 7.79. The molecule has 3 aromatic rings. The van der Waals surface area contributed by atoms with Crippen molar-refractivity contribution in [3.05, 3.63) is 89.2 Å². The molecular formula is C26H27NO3. The number of aromatic nitrogens is 1. The van der Waals surface area contributed by atoms with E-state index in [2.05, 4.69) is 17.1 Å². The molecule has 0 saturated heterocycles. The van der Waals surface area contributed by atoms with E-state index in [1.54, 1.807) is 19.5 Å². The summed E-state index contributed by atoms with van der Waals surface area (Å²) >= 11 is 0. The van der Waals surface area contributed by atoms with Crippen LogP contribution in [0.15, 0.2) is 67.0 Å². The molecule has 154 valence electrons. The molecule has 4 heteroatoms. The first-order chi connectivity index (χ1) is 14.8. The SMILES string of the molecule is COc1ccc(C(Cc2ccncc2)c2ccccc2C=O)cc1OC1CCCC1. The van der Waals surface area contributed by atoms with Gasteiger partial charge in [-0.25, -0.2) is 0 Å². The van der Waals surface area contributed by atoms with E-state index in [1.165, 1.54) is 18.4 Å². The minimum absolute atomic E-state index is 0.0191. The summed E-state index contributed by atoms with van der Waals surface area (Å²) in [6.07, 6.45) is 10.2. The average Bonchev–Trinajstić information content (AvgIpc) is 3.31. The lowest BCUT2D eigenvalue weighted by Gasteiger charge is -2.22. The zero-order valence-corrected chi connectivity index (χ0v) is 17.3. The van der Waals surface area contributed by atoms with Crippen LogP contribution in [-0.2, 0) is 6.42 Å². The number of carbonyl (C=O) groups excluding carboxylic acids is 1. The minimum Gasteiger partial charge on any atom is -0.493 e. The molecule has 0 radical (unpaired) electrons. The lowest BCUT2D eigenvalue weighted by molar-refractivity contribution is 0.112. The second-order valence-electron chi connectivity index (χ2n) is 7.79. The van der Waals surface area contributed by atoms with Gasteiger partial charge in [0.15, 0.2) is 11.5 Å². The number of ether oxygens (including phenoxy) is 2. The fourth-order valence-corrected chi connectivity index (χ4v) is 4.29. The van der Waals surface area contributed by atoms with Crippen LogP contribution < -0.4 is 9.47 Å². The lowest BCUT2D eigenvalue weighted by Crippen LogP contribution is -2.13. The standard InChI is InChI=1S/C26H27NO3/c1-29-25-11-10-20(17-26(25)30-22-7-3-4-8-22)24(16-19-12-14-27-15-13-19)23-9-5-2-6-21(23)18-28/h2,5-6,9-15,17-18,22,24H,3-4,7-8,16H2,1H3. The van der Waals surface area contributed by atoms with E-state index >= 15 is 0 Å². The molecule has 1 aliphatic rings. The molecule has 1 fully saturated rings. The Bertz CT molecular complexity index is 981. The maximum atomic E-state index is 11.8. The van der Waals surface area contributed by atoms with Crippen molar-refractivity contribution in [2.75, 3.05) is 7.11 Å². The summed E-state index contributed by atoms with van der Waals surface area (Å²) in [6, 6.07) is 18.0. The summed E-state index contributed by atoms with van der Waals surface area (Å²) in [7, 11) is 1.67. The van der Waals surface area contributed by atoms with Gasteiger partial charge < -0.3 is 9.47 Å². The Morgan fingerprint density at radius 1 is 1.03 bits per heavy atom. The highest BCUT2D eigenvalue weighted by Crippen LogP contribution is 2.38. The smallest absolute Gasteiger partial charge is 0.161 e. The summed E-state index contributed by atoms with van der Waals surface area (Å²) in [4.78, 5) is 15.9. The molecule has 30 heavy (non-hydrogen) atoms. The molecule has 1 saturated carbocycles. The number of rotatable bonds is 8. The van der Waals surface area contributed by atoms with Gasteiger partial charge >= 0.3 is 0 Å². The third-order valence-electron chi connectivity index (χ3n) is 5.87. The summed E-state index contributed by atoms with van der Waals surface area (Å²) in [6.45, 7) is 0. The molecule has 1 aromatic heterocycles. The quantitative estimate of drug-likeness (QED) is 0.461. The maximum Gasteiger partial charge on any atom is 0.161 e. The molecule has 1 atom stereocenters. The zero-order chi connectivity index (χ0) is 20.8. The molecular weight excluding hydrogens is 374 g/mol. The Hall–Kier alpha value is -3.14. The van der Waals surface area contributed by atoms with Gasteiger partial charge in [-0.1, -0.05) is 30.3 Å². The van der Waals surface area contributed by atoms with Gasteiger partial charge in [-0.05, 0) is 73.1 Å². The van der Waals surface area contributed by atoms with Crippen LogP contribution in [0.5, 0.6) is 11.5 Å². The third kappa shape index (κ3) is 4.54. The predicted molar refractivity (Wildman–Crippen MR) is 117 cm³/mol. The summed E-state index contributed by atoms with van der Waals surface area (Å²) in [5.74, 6) is 1.55. The van der Waals surface area contributed by atoms with E-state index in [-0.39, 0.29) is 12.0 Å². The summed E-state index contributed by atoms with van der Waals surface area (Å²) in [5, 5.41) is 0. The molecule has 0 aliphatic heterocycles. The van der Waals surface area contributed by atoms with Crippen LogP contribution in [-0.4, -0.2) is 24.5 Å². The molecule has 1 unspecified atom stereocenters. The van der Waals surface area contributed by atoms with Gasteiger partial charge in [-0.3, -0.25) is 9.78 Å². The van der Waals surface area contributed by atoms with Crippen LogP contribution in [0.1, 0.15) is 58.6 Å². The molecule has 1 aliphatic carbocycles. The normalized spacial score (nSPS) is 15.0. The monoisotopic (exact) mass is 401 g/mol. The third-order valence-corrected chi connectivity index (χ3v) is 5.87. The maximum absolute atomic E-state index is 11.8. The average molecular weight is 402 g/mol. The Kier molecular flexibility index (Phi) is 6.43. The van der Waals surface area contributed by atoms with E-state index in [9.17, 15) is 4.79 Å². The second kappa shape index (κ2) is 9.57. The number of methoxy groups -OCH3 is 1. The Balaban J connectivity index is 1.75. The van der Waals surface area contributed by atoms with Crippen molar-refractivity contribution in [3.63, 3.8) is 0 Å². The highest BCUT2D eigenvalue weighted by molar-refractivity contribution is 5.78. The van der Waals surface area contributed by atoms with E-state index < -0.39 is 0 Å². The minimum atomic E-state index is 0.0191. The van der Waals surface area contributed by atoms with Gasteiger partial charge in [-0.2, -0.15) is 0 Å². The van der Waals surface area contributed by atoms with Crippen molar-refractivity contribution in [1.82, 2.24) is 4.98 Å². The van der Waals surface area contributed by atoms with Crippen LogP contribution >= 0.6 is 0 Å². The lowest BCUT2D eigenvalue weighted by atomic mass is 9.84. The van der Waals surface area contributed by atoms with Crippen molar-refractivity contribution in [2.24, 2.45) is 0 Å². The molecule has 0 amide bonds. The number of hydrogen-bond acceptors (Lipinski definition) is 4. The first-order valence-corrected chi connectivity index (χ1v) is 10.6. The molecule has 1 heterocycles. The predicted octanol–water partition coefficient (Wildman–Crippen LogP) is 5.60. The van der Waals surface area contributed by atoms with Crippen molar-refractivity contribution >= 4 is 6.29 Å². The van der Waals surface area contributed by atoms with Crippen LogP contribution in [0.25, 0.3) is 0 Å². The molecule has 0 N–H and O–H groups in total. The number of hydrogen-bond donors (Lipinski definition) is 0. The zero-order valence-electron chi connectivity index (χ0n) is 17.3. The van der Waals surface area contributed by atoms with Crippen LogP contribution in [0.4, 0.5) is 0 Å². The topological polar surface area (TPSA) is 48.4 Å². The summed E-state index contributed by atoms with van der Waals surface area (Å²) in [5.41, 5.74) is 4.01. The van der Waals surface area contributed by atoms with Gasteiger partial charge in [-0.15, -0.1) is 0 Å². The van der Waals surface area contributed by atoms with Gasteiger partial charge in [0.25, 0.3) is 0 Å². The Labute approximate surface area is 177 Å². The van der Waals surface area contributed by atoms with Gasteiger partial charge in [0, 0.05) is 23.9 Å². The fourth-order valence-electron chi connectivity index (χ4n) is 4.29. The molecule has 4 nitrogen and oxygen atoms in total. The number of carbonyl (C=O) groups is 1. The van der Waals surface area contributed by atoms with Crippen LogP contribution in [0.3, 0.4) is 0 Å². The molecule has 4 rings (SSSR count). The van der Waals surface area contributed by atoms with Crippen molar-refractivity contribution in [3.8, 4) is 11.5 Å². The van der Waals surface area contributed by atoms with Crippen molar-refractivity contribution in [2.45, 2.75) is 44.1 Å². The van der Waals surface area contributed by atoms with Crippen molar-refractivity contribution < 1.29 is 14.3 Å². The van der Waals surface area contributed by atoms with Crippen molar-refractivity contribution in [1.29, 1.82) is 0 Å². The first kappa shape index (κ1) is 20.1. The molecule has 0 spiro atoms. The highest BCUT2D eigenvalue weighted by atomic mass is 16.5. The molecule has 0 bridgehead atoms. The number of benzene rings is 2. The highest BCUT2D eigenvalue weighted by Gasteiger charge is 2.22. The van der Waals surface area contributed by atoms with E-state index in [0.717, 1.165) is 48.2 Å². The fraction of sp³-hybridized carbons (Fsp3) is 0.308. The van der Waals surface area contributed by atoms with Gasteiger partial charge in [0.1, 0.15) is 6.29 Å². The number of pyridine rings is 1. The van der Waals surface area contributed by atoms with Gasteiger partial charge in [0.2, 0.25) is 0 Å². The van der Waals surface area contributed by atoms with Gasteiger partial charge in [0.05, 0.1) is 13.2 Å². The number of nitrogens with zero attached hydrogens (tertiary/aromatic N) is 1. The summed E-state index contributed by atoms with van der Waals surface area (Å²) < 4.78 is 11.9. The first-order valence-electron chi connectivity index (χ1n) is 10.6. The van der Waals surface area contributed by atoms with E-state index in [1.807, 2.05) is 42.5 Å². The largest absolute Gasteiger partial charge is 0.493 e. The van der Waals surface area contributed by atoms with Crippen LogP contribution in [0.2, 0.25) is 0 Å². The number of aldehydes is 1. The van der Waals surface area contributed by atoms with Crippen LogP contribution in [0, 0.1) is 0 Å². The molecule has 2 aromatic carbocycles. The van der Waals surface area contributed by atoms with E-state index in [4.69, 9.17) is 9.47 Å².